The third-order valence-electron chi connectivity index (χ3n) is 4.58. The van der Waals surface area contributed by atoms with E-state index in [1.54, 1.807) is 0 Å². The summed E-state index contributed by atoms with van der Waals surface area (Å²) in [5, 5.41) is 3.38. The van der Waals surface area contributed by atoms with Crippen molar-refractivity contribution in [2.45, 2.75) is 45.8 Å². The summed E-state index contributed by atoms with van der Waals surface area (Å²) in [6.45, 7) is 9.85. The number of ether oxygens (including phenoxy) is 1. The van der Waals surface area contributed by atoms with Crippen molar-refractivity contribution >= 4 is 0 Å². The van der Waals surface area contributed by atoms with Crippen LogP contribution in [0.3, 0.4) is 0 Å². The fourth-order valence-electron chi connectivity index (χ4n) is 3.28. The first-order valence-electron chi connectivity index (χ1n) is 7.92. The Labute approximate surface area is 122 Å². The SMILES string of the molecule is CC(C)N1CCCC(COc2ccc3c(c2)CNC3)C1. The summed E-state index contributed by atoms with van der Waals surface area (Å²) in [6, 6.07) is 7.18. The molecule has 1 N–H and O–H groups in total. The van der Waals surface area contributed by atoms with Crippen LogP contribution in [0.25, 0.3) is 0 Å². The molecule has 3 heteroatoms. The van der Waals surface area contributed by atoms with Crippen molar-refractivity contribution in [3.05, 3.63) is 29.3 Å². The molecule has 110 valence electrons. The molecule has 1 atom stereocenters. The van der Waals surface area contributed by atoms with Gasteiger partial charge in [0.2, 0.25) is 0 Å². The molecule has 2 heterocycles. The Bertz CT molecular complexity index is 458. The first-order chi connectivity index (χ1) is 9.72. The highest BCUT2D eigenvalue weighted by Gasteiger charge is 2.22. The first kappa shape index (κ1) is 13.9. The van der Waals surface area contributed by atoms with E-state index in [-0.39, 0.29) is 0 Å². The van der Waals surface area contributed by atoms with E-state index in [0.717, 1.165) is 25.4 Å². The molecule has 0 amide bonds. The second-order valence-corrected chi connectivity index (χ2v) is 6.44. The lowest BCUT2D eigenvalue weighted by Crippen LogP contribution is -2.41. The topological polar surface area (TPSA) is 24.5 Å². The van der Waals surface area contributed by atoms with E-state index in [4.69, 9.17) is 4.74 Å². The Balaban J connectivity index is 1.54. The molecule has 2 aliphatic heterocycles. The number of nitrogens with one attached hydrogen (secondary N) is 1. The predicted octanol–water partition coefficient (Wildman–Crippen LogP) is 2.79. The normalized spacial score (nSPS) is 23.1. The summed E-state index contributed by atoms with van der Waals surface area (Å²) >= 11 is 0. The first-order valence-corrected chi connectivity index (χ1v) is 7.92. The van der Waals surface area contributed by atoms with Crippen molar-refractivity contribution in [1.29, 1.82) is 0 Å². The third kappa shape index (κ3) is 3.15. The minimum absolute atomic E-state index is 0.656. The van der Waals surface area contributed by atoms with E-state index < -0.39 is 0 Å². The summed E-state index contributed by atoms with van der Waals surface area (Å²) < 4.78 is 6.04. The fraction of sp³-hybridized carbons (Fsp3) is 0.647. The Morgan fingerprint density at radius 3 is 3.00 bits per heavy atom. The highest BCUT2D eigenvalue weighted by atomic mass is 16.5. The Hall–Kier alpha value is -1.06. The van der Waals surface area contributed by atoms with Crippen molar-refractivity contribution in [3.8, 4) is 5.75 Å². The van der Waals surface area contributed by atoms with Crippen LogP contribution in [0.15, 0.2) is 18.2 Å². The number of likely N-dealkylation sites (tertiary alicyclic amines) is 1. The Kier molecular flexibility index (Phi) is 4.27. The highest BCUT2D eigenvalue weighted by molar-refractivity contribution is 5.37. The molecule has 3 rings (SSSR count). The maximum absolute atomic E-state index is 6.04. The second-order valence-electron chi connectivity index (χ2n) is 6.44. The number of piperidine rings is 1. The zero-order chi connectivity index (χ0) is 13.9. The van der Waals surface area contributed by atoms with Gasteiger partial charge in [-0.1, -0.05) is 6.07 Å². The summed E-state index contributed by atoms with van der Waals surface area (Å²) in [4.78, 5) is 2.57. The van der Waals surface area contributed by atoms with Crippen LogP contribution in [-0.2, 0) is 13.1 Å². The number of nitrogens with zero attached hydrogens (tertiary/aromatic N) is 1. The van der Waals surface area contributed by atoms with Gasteiger partial charge in [-0.3, -0.25) is 0 Å². The van der Waals surface area contributed by atoms with Gasteiger partial charge in [-0.25, -0.2) is 0 Å². The zero-order valence-corrected chi connectivity index (χ0v) is 12.7. The largest absolute Gasteiger partial charge is 0.493 e. The van der Waals surface area contributed by atoms with Crippen LogP contribution in [0, 0.1) is 5.92 Å². The molecule has 1 aromatic rings. The molecule has 0 spiro atoms. The highest BCUT2D eigenvalue weighted by Crippen LogP contribution is 2.24. The molecule has 20 heavy (non-hydrogen) atoms. The molecule has 1 saturated heterocycles. The number of rotatable bonds is 4. The number of hydrogen-bond acceptors (Lipinski definition) is 3. The van der Waals surface area contributed by atoms with Crippen molar-refractivity contribution in [1.82, 2.24) is 10.2 Å². The van der Waals surface area contributed by atoms with Gasteiger partial charge in [0.15, 0.2) is 0 Å². The minimum Gasteiger partial charge on any atom is -0.493 e. The van der Waals surface area contributed by atoms with Gasteiger partial charge >= 0.3 is 0 Å². The Morgan fingerprint density at radius 2 is 2.15 bits per heavy atom. The van der Waals surface area contributed by atoms with E-state index in [1.807, 2.05) is 0 Å². The fourth-order valence-corrected chi connectivity index (χ4v) is 3.28. The van der Waals surface area contributed by atoms with Crippen LogP contribution in [0.2, 0.25) is 0 Å². The van der Waals surface area contributed by atoms with E-state index in [2.05, 4.69) is 42.3 Å². The van der Waals surface area contributed by atoms with Crippen molar-refractivity contribution < 1.29 is 4.74 Å². The van der Waals surface area contributed by atoms with Crippen LogP contribution in [-0.4, -0.2) is 30.6 Å². The van der Waals surface area contributed by atoms with Crippen LogP contribution in [0.1, 0.15) is 37.8 Å². The molecule has 1 unspecified atom stereocenters. The zero-order valence-electron chi connectivity index (χ0n) is 12.7. The lowest BCUT2D eigenvalue weighted by Gasteiger charge is -2.35. The lowest BCUT2D eigenvalue weighted by atomic mass is 9.98. The second kappa shape index (κ2) is 6.15. The molecule has 1 aromatic carbocycles. The van der Waals surface area contributed by atoms with E-state index in [9.17, 15) is 0 Å². The molecule has 0 radical (unpaired) electrons. The maximum atomic E-state index is 6.04. The molecule has 2 aliphatic rings. The predicted molar refractivity (Wildman–Crippen MR) is 81.9 cm³/mol. The number of fused-ring (bicyclic) bond motifs is 1. The quantitative estimate of drug-likeness (QED) is 0.913. The van der Waals surface area contributed by atoms with Crippen molar-refractivity contribution in [3.63, 3.8) is 0 Å². The van der Waals surface area contributed by atoms with Gasteiger partial charge in [0.25, 0.3) is 0 Å². The molecular formula is C17H26N2O. The molecule has 0 bridgehead atoms. The van der Waals surface area contributed by atoms with Gasteiger partial charge in [-0.2, -0.15) is 0 Å². The lowest BCUT2D eigenvalue weighted by molar-refractivity contribution is 0.107. The van der Waals surface area contributed by atoms with Gasteiger partial charge in [0.1, 0.15) is 5.75 Å². The van der Waals surface area contributed by atoms with Crippen molar-refractivity contribution in [2.75, 3.05) is 19.7 Å². The summed E-state index contributed by atoms with van der Waals surface area (Å²) in [5.74, 6) is 1.71. The van der Waals surface area contributed by atoms with Gasteiger partial charge < -0.3 is 15.0 Å². The van der Waals surface area contributed by atoms with Crippen LogP contribution >= 0.6 is 0 Å². The maximum Gasteiger partial charge on any atom is 0.119 e. The van der Waals surface area contributed by atoms with Gasteiger partial charge in [0.05, 0.1) is 6.61 Å². The summed E-state index contributed by atoms with van der Waals surface area (Å²) in [7, 11) is 0. The third-order valence-corrected chi connectivity index (χ3v) is 4.58. The van der Waals surface area contributed by atoms with E-state index in [0.29, 0.717) is 12.0 Å². The molecule has 0 aliphatic carbocycles. The standard InChI is InChI=1S/C17H26N2O/c1-13(2)19-7-3-4-14(11-19)12-20-17-6-5-15-9-18-10-16(15)8-17/h5-6,8,13-14,18H,3-4,7,9-12H2,1-2H3. The van der Waals surface area contributed by atoms with E-state index >= 15 is 0 Å². The van der Waals surface area contributed by atoms with Gasteiger partial charge in [-0.15, -0.1) is 0 Å². The Morgan fingerprint density at radius 1 is 1.30 bits per heavy atom. The molecule has 0 saturated carbocycles. The van der Waals surface area contributed by atoms with Crippen LogP contribution in [0.4, 0.5) is 0 Å². The van der Waals surface area contributed by atoms with Crippen LogP contribution < -0.4 is 10.1 Å². The van der Waals surface area contributed by atoms with Gasteiger partial charge in [-0.05, 0) is 56.5 Å². The minimum atomic E-state index is 0.656. The average molecular weight is 274 g/mol. The van der Waals surface area contributed by atoms with Crippen LogP contribution in [0.5, 0.6) is 5.75 Å². The van der Waals surface area contributed by atoms with E-state index in [1.165, 1.54) is 37.1 Å². The molecule has 0 aromatic heterocycles. The molecule has 3 nitrogen and oxygen atoms in total. The number of benzene rings is 1. The monoisotopic (exact) mass is 274 g/mol. The van der Waals surface area contributed by atoms with Gasteiger partial charge in [0, 0.05) is 31.6 Å². The molecular weight excluding hydrogens is 248 g/mol. The smallest absolute Gasteiger partial charge is 0.119 e. The summed E-state index contributed by atoms with van der Waals surface area (Å²) in [5.41, 5.74) is 2.82. The van der Waals surface area contributed by atoms with Crippen molar-refractivity contribution in [2.24, 2.45) is 5.92 Å². The number of hydrogen-bond donors (Lipinski definition) is 1. The average Bonchev–Trinajstić information content (AvgIpc) is 2.93. The summed E-state index contributed by atoms with van der Waals surface area (Å²) in [6.07, 6.45) is 2.61. The molecule has 1 fully saturated rings.